The van der Waals surface area contributed by atoms with Gasteiger partial charge in [0.05, 0.1) is 5.69 Å². The van der Waals surface area contributed by atoms with Crippen LogP contribution in [0.25, 0.3) is 10.1 Å². The number of hydrogen-bond donors (Lipinski definition) is 1. The van der Waals surface area contributed by atoms with Crippen molar-refractivity contribution in [2.24, 2.45) is 0 Å². The Bertz CT molecular complexity index is 643. The van der Waals surface area contributed by atoms with Crippen molar-refractivity contribution >= 4 is 33.0 Å². The van der Waals surface area contributed by atoms with E-state index in [4.69, 9.17) is 5.73 Å². The molecule has 1 aromatic heterocycles. The first-order chi connectivity index (χ1) is 10.2. The number of nitrogens with two attached hydrogens (primary N) is 1. The summed E-state index contributed by atoms with van der Waals surface area (Å²) >= 11 is 1.52. The van der Waals surface area contributed by atoms with Crippen LogP contribution in [0.2, 0.25) is 0 Å². The molecule has 2 N–H and O–H groups in total. The van der Waals surface area contributed by atoms with E-state index in [1.807, 2.05) is 29.2 Å². The summed E-state index contributed by atoms with van der Waals surface area (Å²) in [6, 6.07) is 8.38. The van der Waals surface area contributed by atoms with E-state index < -0.39 is 0 Å². The molecule has 3 nitrogen and oxygen atoms in total. The first-order valence-corrected chi connectivity index (χ1v) is 8.62. The quantitative estimate of drug-likeness (QED) is 0.920. The Kier molecular flexibility index (Phi) is 4.15. The molecule has 1 saturated carbocycles. The van der Waals surface area contributed by atoms with E-state index in [0.717, 1.165) is 29.5 Å². The summed E-state index contributed by atoms with van der Waals surface area (Å²) in [5.74, 6) is 0.114. The highest BCUT2D eigenvalue weighted by atomic mass is 32.1. The molecule has 1 amide bonds. The Balaban J connectivity index is 1.92. The maximum atomic E-state index is 12.9. The largest absolute Gasteiger partial charge is 0.397 e. The van der Waals surface area contributed by atoms with Gasteiger partial charge in [0.2, 0.25) is 0 Å². The van der Waals surface area contributed by atoms with Crippen LogP contribution in [0.3, 0.4) is 0 Å². The first-order valence-electron chi connectivity index (χ1n) is 7.80. The van der Waals surface area contributed by atoms with E-state index in [0.29, 0.717) is 16.6 Å². The van der Waals surface area contributed by atoms with Crippen LogP contribution in [0.4, 0.5) is 5.69 Å². The third-order valence-electron chi connectivity index (χ3n) is 4.45. The maximum absolute atomic E-state index is 12.9. The molecule has 21 heavy (non-hydrogen) atoms. The van der Waals surface area contributed by atoms with Crippen LogP contribution in [0.5, 0.6) is 0 Å². The molecule has 3 rings (SSSR count). The molecule has 1 heterocycles. The average molecular weight is 302 g/mol. The zero-order valence-corrected chi connectivity index (χ0v) is 13.3. The van der Waals surface area contributed by atoms with Gasteiger partial charge in [0.1, 0.15) is 4.88 Å². The number of carbonyl (C=O) groups is 1. The molecule has 0 saturated heterocycles. The van der Waals surface area contributed by atoms with Crippen molar-refractivity contribution in [3.05, 3.63) is 29.1 Å². The molecule has 1 fully saturated rings. The van der Waals surface area contributed by atoms with E-state index in [-0.39, 0.29) is 5.91 Å². The Morgan fingerprint density at radius 3 is 2.67 bits per heavy atom. The Morgan fingerprint density at radius 2 is 2.00 bits per heavy atom. The van der Waals surface area contributed by atoms with Gasteiger partial charge in [0, 0.05) is 22.7 Å². The van der Waals surface area contributed by atoms with Gasteiger partial charge in [0.25, 0.3) is 5.91 Å². The molecule has 1 aromatic carbocycles. The van der Waals surface area contributed by atoms with E-state index in [2.05, 4.69) is 6.92 Å². The lowest BCUT2D eigenvalue weighted by molar-refractivity contribution is 0.0654. The van der Waals surface area contributed by atoms with E-state index in [1.165, 1.54) is 30.6 Å². The average Bonchev–Trinajstić information content (AvgIpc) is 2.87. The second kappa shape index (κ2) is 6.06. The molecule has 1 aliphatic rings. The molecule has 0 spiro atoms. The number of thiophene rings is 1. The van der Waals surface area contributed by atoms with Crippen molar-refractivity contribution in [2.75, 3.05) is 12.3 Å². The first kappa shape index (κ1) is 14.4. The monoisotopic (exact) mass is 302 g/mol. The van der Waals surface area contributed by atoms with Gasteiger partial charge in [-0.25, -0.2) is 0 Å². The number of nitrogen functional groups attached to an aromatic ring is 1. The molecule has 0 bridgehead atoms. The van der Waals surface area contributed by atoms with Gasteiger partial charge in [-0.3, -0.25) is 4.79 Å². The van der Waals surface area contributed by atoms with Crippen molar-refractivity contribution in [3.8, 4) is 0 Å². The summed E-state index contributed by atoms with van der Waals surface area (Å²) in [6.07, 6.45) is 6.02. The van der Waals surface area contributed by atoms with Crippen LogP contribution in [0, 0.1) is 0 Å². The lowest BCUT2D eigenvalue weighted by Crippen LogP contribution is -2.41. The number of benzene rings is 1. The highest BCUT2D eigenvalue weighted by molar-refractivity contribution is 7.21. The normalized spacial score (nSPS) is 16.2. The standard InChI is InChI=1S/C17H22N2OS/c1-2-19(12-8-4-3-5-9-12)17(20)16-15(18)13-10-6-7-11-14(13)21-16/h6-7,10-12H,2-5,8-9,18H2,1H3. The SMILES string of the molecule is CCN(C(=O)c1sc2ccccc2c1N)C1CCCCC1. The van der Waals surface area contributed by atoms with E-state index in [9.17, 15) is 4.79 Å². The molecule has 0 atom stereocenters. The molecule has 2 aromatic rings. The molecule has 0 radical (unpaired) electrons. The van der Waals surface area contributed by atoms with Crippen LogP contribution in [-0.4, -0.2) is 23.4 Å². The minimum absolute atomic E-state index is 0.114. The zero-order chi connectivity index (χ0) is 14.8. The minimum Gasteiger partial charge on any atom is -0.397 e. The lowest BCUT2D eigenvalue weighted by atomic mass is 9.94. The fraction of sp³-hybridized carbons (Fsp3) is 0.471. The maximum Gasteiger partial charge on any atom is 0.266 e. The summed E-state index contributed by atoms with van der Waals surface area (Å²) in [4.78, 5) is 15.7. The summed E-state index contributed by atoms with van der Waals surface area (Å²) in [7, 11) is 0. The van der Waals surface area contributed by atoms with Crippen LogP contribution in [0.1, 0.15) is 48.7 Å². The Morgan fingerprint density at radius 1 is 1.29 bits per heavy atom. The Hall–Kier alpha value is -1.55. The van der Waals surface area contributed by atoms with Gasteiger partial charge in [-0.15, -0.1) is 11.3 Å². The van der Waals surface area contributed by atoms with Crippen molar-refractivity contribution in [1.82, 2.24) is 4.90 Å². The van der Waals surface area contributed by atoms with E-state index >= 15 is 0 Å². The molecule has 1 aliphatic carbocycles. The minimum atomic E-state index is 0.114. The molecular weight excluding hydrogens is 280 g/mol. The van der Waals surface area contributed by atoms with Crippen molar-refractivity contribution in [2.45, 2.75) is 45.1 Å². The second-order valence-corrected chi connectivity index (χ2v) is 6.78. The van der Waals surface area contributed by atoms with Gasteiger partial charge in [-0.1, -0.05) is 37.5 Å². The highest BCUT2D eigenvalue weighted by Crippen LogP contribution is 2.35. The molecular formula is C17H22N2OS. The van der Waals surface area contributed by atoms with Gasteiger partial charge < -0.3 is 10.6 Å². The van der Waals surface area contributed by atoms with Gasteiger partial charge >= 0.3 is 0 Å². The van der Waals surface area contributed by atoms with E-state index in [1.54, 1.807) is 0 Å². The molecule has 4 heteroatoms. The summed E-state index contributed by atoms with van der Waals surface area (Å²) in [6.45, 7) is 2.83. The number of rotatable bonds is 3. The summed E-state index contributed by atoms with van der Waals surface area (Å²) < 4.78 is 1.10. The zero-order valence-electron chi connectivity index (χ0n) is 12.5. The van der Waals surface area contributed by atoms with Gasteiger partial charge in [-0.05, 0) is 25.8 Å². The third kappa shape index (κ3) is 2.64. The second-order valence-electron chi connectivity index (χ2n) is 5.72. The predicted octanol–water partition coefficient (Wildman–Crippen LogP) is 4.28. The van der Waals surface area contributed by atoms with Crippen LogP contribution >= 0.6 is 11.3 Å². The van der Waals surface area contributed by atoms with Crippen molar-refractivity contribution < 1.29 is 4.79 Å². The molecule has 112 valence electrons. The number of carbonyl (C=O) groups excluding carboxylic acids is 1. The van der Waals surface area contributed by atoms with Crippen LogP contribution in [0.15, 0.2) is 24.3 Å². The van der Waals surface area contributed by atoms with Crippen molar-refractivity contribution in [1.29, 1.82) is 0 Å². The predicted molar refractivity (Wildman–Crippen MR) is 89.8 cm³/mol. The number of nitrogens with zero attached hydrogens (tertiary/aromatic N) is 1. The smallest absolute Gasteiger partial charge is 0.266 e. The number of amides is 1. The van der Waals surface area contributed by atoms with Gasteiger partial charge in [-0.2, -0.15) is 0 Å². The van der Waals surface area contributed by atoms with Gasteiger partial charge in [0.15, 0.2) is 0 Å². The van der Waals surface area contributed by atoms with Crippen molar-refractivity contribution in [3.63, 3.8) is 0 Å². The van der Waals surface area contributed by atoms with Crippen LogP contribution < -0.4 is 5.73 Å². The number of anilines is 1. The highest BCUT2D eigenvalue weighted by Gasteiger charge is 2.27. The molecule has 0 unspecified atom stereocenters. The number of hydrogen-bond acceptors (Lipinski definition) is 3. The topological polar surface area (TPSA) is 46.3 Å². The lowest BCUT2D eigenvalue weighted by Gasteiger charge is -2.33. The Labute approximate surface area is 129 Å². The third-order valence-corrected chi connectivity index (χ3v) is 5.62. The molecule has 0 aliphatic heterocycles. The van der Waals surface area contributed by atoms with Crippen LogP contribution in [-0.2, 0) is 0 Å². The number of fused-ring (bicyclic) bond motifs is 1. The fourth-order valence-corrected chi connectivity index (χ4v) is 4.39. The summed E-state index contributed by atoms with van der Waals surface area (Å²) in [5, 5.41) is 1.01. The fourth-order valence-electron chi connectivity index (χ4n) is 3.32. The summed E-state index contributed by atoms with van der Waals surface area (Å²) in [5.41, 5.74) is 6.87.